The number of hydrogen-bond acceptors (Lipinski definition) is 1. The van der Waals surface area contributed by atoms with Crippen molar-refractivity contribution in [3.8, 4) is 22.4 Å². The summed E-state index contributed by atoms with van der Waals surface area (Å²) in [5.41, 5.74) is 6.37. The fraction of sp³-hybridized carbons (Fsp3) is 0.333. The molecule has 0 radical (unpaired) electrons. The van der Waals surface area contributed by atoms with Crippen LogP contribution in [0.15, 0.2) is 67.0 Å². The van der Waals surface area contributed by atoms with Gasteiger partial charge in [-0.2, -0.15) is 4.57 Å². The predicted molar refractivity (Wildman–Crippen MR) is 109 cm³/mol. The number of rotatable bonds is 5. The molecule has 2 aromatic heterocycles. The van der Waals surface area contributed by atoms with Gasteiger partial charge in [0.05, 0.1) is 5.56 Å². The van der Waals surface area contributed by atoms with Crippen molar-refractivity contribution in [3.63, 3.8) is 0 Å². The van der Waals surface area contributed by atoms with E-state index in [0.29, 0.717) is 0 Å². The van der Waals surface area contributed by atoms with Gasteiger partial charge in [0, 0.05) is 36.4 Å². The first-order chi connectivity index (χ1) is 12.5. The Morgan fingerprint density at radius 2 is 1.62 bits per heavy atom. The van der Waals surface area contributed by atoms with Crippen LogP contribution in [0, 0.1) is 0 Å². The van der Waals surface area contributed by atoms with Gasteiger partial charge in [0.15, 0.2) is 5.69 Å². The molecule has 0 saturated heterocycles. The lowest BCUT2D eigenvalue weighted by molar-refractivity contribution is -0.697. The van der Waals surface area contributed by atoms with Crippen molar-refractivity contribution in [2.75, 3.05) is 0 Å². The molecule has 0 fully saturated rings. The quantitative estimate of drug-likeness (QED) is 0.534. The highest BCUT2D eigenvalue weighted by atomic mass is 15.0. The van der Waals surface area contributed by atoms with Crippen LogP contribution in [0.2, 0.25) is 0 Å². The Labute approximate surface area is 157 Å². The van der Waals surface area contributed by atoms with E-state index in [4.69, 9.17) is 0 Å². The summed E-state index contributed by atoms with van der Waals surface area (Å²) in [4.78, 5) is 4.36. The lowest BCUT2D eigenvalue weighted by Crippen LogP contribution is -2.45. The summed E-state index contributed by atoms with van der Waals surface area (Å²) in [6.45, 7) is 10.2. The molecule has 134 valence electrons. The van der Waals surface area contributed by atoms with Crippen molar-refractivity contribution in [2.45, 2.75) is 52.5 Å². The number of unbranched alkanes of at least 4 members (excludes halogenated alkanes) is 1. The minimum atomic E-state index is 0.0650. The van der Waals surface area contributed by atoms with E-state index in [-0.39, 0.29) is 5.41 Å². The summed E-state index contributed by atoms with van der Waals surface area (Å²) in [6.07, 6.45) is 6.17. The first-order valence-electron chi connectivity index (χ1n) is 9.55. The first kappa shape index (κ1) is 18.3. The molecule has 0 aliphatic heterocycles. The molecule has 0 aliphatic rings. The van der Waals surface area contributed by atoms with Crippen LogP contribution in [-0.2, 0) is 12.0 Å². The molecular weight excluding hydrogens is 316 g/mol. The van der Waals surface area contributed by atoms with E-state index in [0.717, 1.165) is 6.54 Å². The third-order valence-corrected chi connectivity index (χ3v) is 4.73. The van der Waals surface area contributed by atoms with Crippen LogP contribution in [0.25, 0.3) is 22.4 Å². The van der Waals surface area contributed by atoms with Gasteiger partial charge in [-0.1, -0.05) is 64.4 Å². The van der Waals surface area contributed by atoms with Crippen molar-refractivity contribution < 1.29 is 4.57 Å². The van der Waals surface area contributed by atoms with Crippen molar-refractivity contribution in [1.82, 2.24) is 4.98 Å². The average molecular weight is 346 g/mol. The Kier molecular flexibility index (Phi) is 5.51. The molecule has 0 amide bonds. The zero-order valence-electron chi connectivity index (χ0n) is 16.4. The molecule has 0 aliphatic carbocycles. The van der Waals surface area contributed by atoms with E-state index in [1.165, 1.54) is 40.9 Å². The maximum Gasteiger partial charge on any atom is 0.214 e. The van der Waals surface area contributed by atoms with Crippen molar-refractivity contribution in [1.29, 1.82) is 0 Å². The number of pyridine rings is 2. The highest BCUT2D eigenvalue weighted by Gasteiger charge is 2.29. The van der Waals surface area contributed by atoms with Gasteiger partial charge in [0.1, 0.15) is 6.54 Å². The molecule has 0 atom stereocenters. The van der Waals surface area contributed by atoms with Crippen LogP contribution in [0.4, 0.5) is 0 Å². The monoisotopic (exact) mass is 345 g/mol. The van der Waals surface area contributed by atoms with Crippen LogP contribution in [0.1, 0.15) is 46.2 Å². The Morgan fingerprint density at radius 3 is 2.23 bits per heavy atom. The second-order valence-corrected chi connectivity index (χ2v) is 7.88. The SMILES string of the molecule is CCCC[n+]1c(-c2cccnc2)cc(-c2ccccc2)cc1C(C)(C)C. The summed E-state index contributed by atoms with van der Waals surface area (Å²) >= 11 is 0. The average Bonchev–Trinajstić information content (AvgIpc) is 2.66. The number of hydrogen-bond donors (Lipinski definition) is 0. The molecule has 2 heteroatoms. The zero-order valence-corrected chi connectivity index (χ0v) is 16.4. The van der Waals surface area contributed by atoms with Gasteiger partial charge >= 0.3 is 0 Å². The zero-order chi connectivity index (χ0) is 18.6. The van der Waals surface area contributed by atoms with Crippen LogP contribution < -0.4 is 4.57 Å². The Morgan fingerprint density at radius 1 is 0.885 bits per heavy atom. The number of benzene rings is 1. The Bertz CT molecular complexity index is 847. The molecule has 0 unspecified atom stereocenters. The van der Waals surface area contributed by atoms with Gasteiger partial charge in [-0.15, -0.1) is 0 Å². The van der Waals surface area contributed by atoms with Crippen LogP contribution in [0.3, 0.4) is 0 Å². The highest BCUT2D eigenvalue weighted by molar-refractivity contribution is 5.69. The predicted octanol–water partition coefficient (Wildman–Crippen LogP) is 5.80. The van der Waals surface area contributed by atoms with Crippen molar-refractivity contribution >= 4 is 0 Å². The van der Waals surface area contributed by atoms with Gasteiger partial charge in [-0.05, 0) is 23.3 Å². The van der Waals surface area contributed by atoms with Gasteiger partial charge in [0.2, 0.25) is 5.69 Å². The number of nitrogens with zero attached hydrogens (tertiary/aromatic N) is 2. The second-order valence-electron chi connectivity index (χ2n) is 7.88. The van der Waals surface area contributed by atoms with Crippen molar-refractivity contribution in [2.24, 2.45) is 0 Å². The van der Waals surface area contributed by atoms with E-state index in [2.05, 4.69) is 85.8 Å². The summed E-state index contributed by atoms with van der Waals surface area (Å²) < 4.78 is 2.49. The van der Waals surface area contributed by atoms with E-state index < -0.39 is 0 Å². The molecular formula is C24H29N2+. The molecule has 26 heavy (non-hydrogen) atoms. The van der Waals surface area contributed by atoms with Gasteiger partial charge in [0.25, 0.3) is 0 Å². The molecule has 0 spiro atoms. The highest BCUT2D eigenvalue weighted by Crippen LogP contribution is 2.29. The topological polar surface area (TPSA) is 16.8 Å². The van der Waals surface area contributed by atoms with Crippen LogP contribution in [0.5, 0.6) is 0 Å². The summed E-state index contributed by atoms with van der Waals surface area (Å²) in [7, 11) is 0. The molecule has 0 bridgehead atoms. The normalized spacial score (nSPS) is 11.5. The van der Waals surface area contributed by atoms with Gasteiger partial charge in [-0.3, -0.25) is 4.98 Å². The van der Waals surface area contributed by atoms with E-state index in [1.54, 1.807) is 0 Å². The van der Waals surface area contributed by atoms with E-state index >= 15 is 0 Å². The maximum atomic E-state index is 4.36. The molecule has 3 rings (SSSR count). The molecule has 2 nitrogen and oxygen atoms in total. The Hall–Kier alpha value is -2.48. The minimum Gasteiger partial charge on any atom is -0.264 e. The third kappa shape index (κ3) is 4.01. The lowest BCUT2D eigenvalue weighted by atomic mass is 9.88. The van der Waals surface area contributed by atoms with E-state index in [1.807, 2.05) is 18.5 Å². The first-order valence-corrected chi connectivity index (χ1v) is 9.55. The third-order valence-electron chi connectivity index (χ3n) is 4.73. The molecule has 1 aromatic carbocycles. The van der Waals surface area contributed by atoms with Crippen LogP contribution >= 0.6 is 0 Å². The summed E-state index contributed by atoms with van der Waals surface area (Å²) in [6, 6.07) is 19.5. The summed E-state index contributed by atoms with van der Waals surface area (Å²) in [5.74, 6) is 0. The lowest BCUT2D eigenvalue weighted by Gasteiger charge is -2.20. The smallest absolute Gasteiger partial charge is 0.214 e. The maximum absolute atomic E-state index is 4.36. The largest absolute Gasteiger partial charge is 0.264 e. The second kappa shape index (κ2) is 7.82. The standard InChI is InChI=1S/C24H29N2/c1-5-6-15-26-22(20-13-10-14-25-18-20)16-21(17-23(26)24(2,3)4)19-11-8-7-9-12-19/h7-14,16-18H,5-6,15H2,1-4H3/q+1. The van der Waals surface area contributed by atoms with E-state index in [9.17, 15) is 0 Å². The van der Waals surface area contributed by atoms with Gasteiger partial charge in [-0.25, -0.2) is 0 Å². The fourth-order valence-corrected chi connectivity index (χ4v) is 3.35. The summed E-state index contributed by atoms with van der Waals surface area (Å²) in [5, 5.41) is 0. The Balaban J connectivity index is 2.27. The molecule has 0 N–H and O–H groups in total. The van der Waals surface area contributed by atoms with Crippen LogP contribution in [-0.4, -0.2) is 4.98 Å². The fourth-order valence-electron chi connectivity index (χ4n) is 3.35. The molecule has 2 heterocycles. The molecule has 0 saturated carbocycles. The minimum absolute atomic E-state index is 0.0650. The molecule has 3 aromatic rings. The van der Waals surface area contributed by atoms with Gasteiger partial charge < -0.3 is 0 Å². The van der Waals surface area contributed by atoms with Crippen molar-refractivity contribution in [3.05, 3.63) is 72.7 Å². The number of aromatic nitrogens is 2.